The van der Waals surface area contributed by atoms with Crippen molar-refractivity contribution in [1.82, 2.24) is 30.2 Å². The van der Waals surface area contributed by atoms with Gasteiger partial charge in [-0.25, -0.2) is 8.78 Å². The fourth-order valence-corrected chi connectivity index (χ4v) is 10.4. The number of halogens is 2. The highest BCUT2D eigenvalue weighted by atomic mass is 32.1. The lowest BCUT2D eigenvalue weighted by Gasteiger charge is -2.15. The number of aromatic nitrogens is 4. The van der Waals surface area contributed by atoms with Crippen LogP contribution in [0.4, 0.5) is 8.78 Å². The molecule has 0 unspecified atom stereocenters. The quantitative estimate of drug-likeness (QED) is 0.0487. The number of nitrogens with zero attached hydrogens (tertiary/aromatic N) is 5. The van der Waals surface area contributed by atoms with Gasteiger partial charge in [0.25, 0.3) is 0 Å². The molecule has 0 saturated heterocycles. The maximum atomic E-state index is 14.8. The van der Waals surface area contributed by atoms with Gasteiger partial charge in [-0.05, 0) is 128 Å². The number of amides is 1. The monoisotopic (exact) mass is 1020 g/mol. The van der Waals surface area contributed by atoms with Gasteiger partial charge in [-0.1, -0.05) is 45.5 Å². The van der Waals surface area contributed by atoms with Crippen molar-refractivity contribution in [3.05, 3.63) is 144 Å². The maximum absolute atomic E-state index is 14.8. The Morgan fingerprint density at radius 2 is 1.14 bits per heavy atom. The molecular weight excluding hydrogens is 963 g/mol. The van der Waals surface area contributed by atoms with E-state index in [1.54, 1.807) is 59.9 Å². The zero-order chi connectivity index (χ0) is 50.0. The fraction of sp³-hybridized carbons (Fsp3) is 0.328. The van der Waals surface area contributed by atoms with Gasteiger partial charge in [-0.3, -0.25) is 34.3 Å². The molecule has 0 radical (unpaired) electrons. The highest BCUT2D eigenvalue weighted by Gasteiger charge is 2.26. The summed E-state index contributed by atoms with van der Waals surface area (Å²) in [5.74, 6) is 1.71. The molecule has 6 aromatic heterocycles. The molecule has 1 N–H and O–H groups in total. The number of ketones is 2. The Bertz CT molecular complexity index is 3170. The number of hydrogen-bond acceptors (Lipinski definition) is 12. The highest BCUT2D eigenvalue weighted by molar-refractivity contribution is 7.22. The van der Waals surface area contributed by atoms with E-state index in [0.717, 1.165) is 111 Å². The van der Waals surface area contributed by atoms with Gasteiger partial charge in [0.2, 0.25) is 6.41 Å². The van der Waals surface area contributed by atoms with E-state index in [2.05, 4.69) is 38.2 Å². The Balaban J connectivity index is 0.000000192. The SMILES string of the molecule is C.CCCN(C=O)Cc1ccc(-c2cc3nccc(Oc4ccc(CC(=O)CC5CC5)cc4F)c3s2)nc1.CCCNCc1ccc(-c2cc3nccc(Oc4ccc(CC(=O)CC5CC5)cc4F)c3s2)nc1. The van der Waals surface area contributed by atoms with Crippen molar-refractivity contribution in [2.75, 3.05) is 13.1 Å². The van der Waals surface area contributed by atoms with Gasteiger partial charge in [0, 0.05) is 82.2 Å². The Morgan fingerprint density at radius 1 is 0.644 bits per heavy atom. The predicted octanol–water partition coefficient (Wildman–Crippen LogP) is 13.9. The van der Waals surface area contributed by atoms with E-state index < -0.39 is 11.6 Å². The lowest BCUT2D eigenvalue weighted by atomic mass is 10.0. The van der Waals surface area contributed by atoms with Crippen molar-refractivity contribution in [3.63, 3.8) is 0 Å². The van der Waals surface area contributed by atoms with Crippen molar-refractivity contribution < 1.29 is 32.6 Å². The molecule has 0 bridgehead atoms. The minimum atomic E-state index is -0.497. The first kappa shape index (κ1) is 52.5. The molecule has 2 aliphatic carbocycles. The van der Waals surface area contributed by atoms with E-state index in [9.17, 15) is 23.2 Å². The molecule has 8 aromatic rings. The van der Waals surface area contributed by atoms with Crippen LogP contribution in [0.15, 0.2) is 110 Å². The Kier molecular flexibility index (Phi) is 17.8. The minimum Gasteiger partial charge on any atom is -0.453 e. The molecule has 15 heteroatoms. The second-order valence-electron chi connectivity index (χ2n) is 18.6. The third-order valence-corrected chi connectivity index (χ3v) is 14.7. The van der Waals surface area contributed by atoms with Crippen molar-refractivity contribution in [2.45, 2.75) is 98.6 Å². The standard InChI is InChI=1S/C29H28FN3O3S.C28H28FN3O2S.CH4/c1-2-11-33(18-34)17-21-5-7-24(32-16-21)28-15-25-29(37-28)27(9-10-31-25)36-26-8-6-20(14-23(26)30)13-22(35)12-19-3-4-19;1-2-10-30-16-20-5-7-23(32-17-20)27-15-24-28(35-27)26(9-11-31-24)34-25-8-6-19(14-22(25)29)13-21(33)12-18-3-4-18;/h5-10,14-16,18-19H,2-4,11-13,17H2,1H3;5-9,11,14-15,17-18,30H,2-4,10,12-13,16H2,1H3;1H4. The number of Topliss-reactive ketones (excluding diaryl/α,β-unsaturated/α-hetero) is 2. The second-order valence-corrected chi connectivity index (χ2v) is 20.7. The summed E-state index contributed by atoms with van der Waals surface area (Å²) in [6, 6.07) is 24.8. The molecule has 0 spiro atoms. The number of carbonyl (C=O) groups excluding carboxylic acids is 3. The molecular formula is C58H60F2N6O5S2. The molecule has 6 heterocycles. The number of nitrogens with one attached hydrogen (secondary N) is 1. The van der Waals surface area contributed by atoms with Crippen molar-refractivity contribution in [1.29, 1.82) is 0 Å². The van der Waals surface area contributed by atoms with Gasteiger partial charge in [0.05, 0.1) is 41.6 Å². The highest BCUT2D eigenvalue weighted by Crippen LogP contribution is 2.41. The summed E-state index contributed by atoms with van der Waals surface area (Å²) < 4.78 is 43.2. The van der Waals surface area contributed by atoms with Crippen LogP contribution in [-0.2, 0) is 40.3 Å². The van der Waals surface area contributed by atoms with Crippen LogP contribution in [0.1, 0.15) is 94.9 Å². The molecule has 2 saturated carbocycles. The summed E-state index contributed by atoms with van der Waals surface area (Å²) in [5, 5.41) is 3.38. The number of pyridine rings is 4. The molecule has 10 rings (SSSR count). The first-order valence-electron chi connectivity index (χ1n) is 24.6. The van der Waals surface area contributed by atoms with Crippen LogP contribution >= 0.6 is 22.7 Å². The first-order chi connectivity index (χ1) is 35.1. The largest absolute Gasteiger partial charge is 0.453 e. The molecule has 0 atom stereocenters. The van der Waals surface area contributed by atoms with E-state index in [0.29, 0.717) is 60.4 Å². The van der Waals surface area contributed by atoms with Crippen LogP contribution in [-0.4, -0.2) is 55.9 Å². The third-order valence-electron chi connectivity index (χ3n) is 12.4. The molecule has 2 fully saturated rings. The van der Waals surface area contributed by atoms with Crippen LogP contribution in [0.2, 0.25) is 0 Å². The van der Waals surface area contributed by atoms with Crippen molar-refractivity contribution >= 4 is 61.1 Å². The van der Waals surface area contributed by atoms with E-state index in [1.165, 1.54) is 34.8 Å². The molecule has 1 amide bonds. The van der Waals surface area contributed by atoms with Gasteiger partial charge >= 0.3 is 0 Å². The average molecular weight is 1020 g/mol. The number of rotatable bonds is 23. The zero-order valence-corrected chi connectivity index (χ0v) is 42.0. The molecule has 0 aliphatic heterocycles. The van der Waals surface area contributed by atoms with Crippen molar-refractivity contribution in [2.24, 2.45) is 11.8 Å². The first-order valence-corrected chi connectivity index (χ1v) is 26.3. The number of thiophene rings is 2. The smallest absolute Gasteiger partial charge is 0.210 e. The summed E-state index contributed by atoms with van der Waals surface area (Å²) >= 11 is 2.99. The topological polar surface area (TPSA) is 136 Å². The third kappa shape index (κ3) is 14.2. The Labute approximate surface area is 433 Å². The normalized spacial score (nSPS) is 13.0. The summed E-state index contributed by atoms with van der Waals surface area (Å²) in [4.78, 5) is 57.2. The summed E-state index contributed by atoms with van der Waals surface area (Å²) in [6.07, 6.45) is 16.0. The van der Waals surface area contributed by atoms with Gasteiger partial charge < -0.3 is 19.7 Å². The lowest BCUT2D eigenvalue weighted by molar-refractivity contribution is -0.119. The van der Waals surface area contributed by atoms with E-state index in [4.69, 9.17) is 9.47 Å². The molecule has 2 aromatic carbocycles. The Morgan fingerprint density at radius 3 is 1.56 bits per heavy atom. The minimum absolute atomic E-state index is 0. The van der Waals surface area contributed by atoms with Gasteiger partial charge in [-0.15, -0.1) is 22.7 Å². The fourth-order valence-electron chi connectivity index (χ4n) is 8.28. The number of fused-ring (bicyclic) bond motifs is 2. The average Bonchev–Trinajstić information content (AvgIpc) is 4.29. The van der Waals surface area contributed by atoms with Crippen LogP contribution in [0.5, 0.6) is 23.0 Å². The summed E-state index contributed by atoms with van der Waals surface area (Å²) in [5.41, 5.74) is 6.61. The second kappa shape index (κ2) is 24.7. The van der Waals surface area contributed by atoms with E-state index in [-0.39, 0.29) is 43.3 Å². The van der Waals surface area contributed by atoms with Crippen LogP contribution in [0, 0.1) is 23.5 Å². The van der Waals surface area contributed by atoms with Crippen molar-refractivity contribution in [3.8, 4) is 44.1 Å². The van der Waals surface area contributed by atoms with Gasteiger partial charge in [0.1, 0.15) is 23.1 Å². The molecule has 73 heavy (non-hydrogen) atoms. The number of carbonyl (C=O) groups is 3. The summed E-state index contributed by atoms with van der Waals surface area (Å²) in [6.45, 7) is 7.19. The number of benzene rings is 2. The number of ether oxygens (including phenoxy) is 2. The van der Waals surface area contributed by atoms with Crippen LogP contribution < -0.4 is 14.8 Å². The van der Waals surface area contributed by atoms with E-state index >= 15 is 0 Å². The molecule has 378 valence electrons. The predicted molar refractivity (Wildman–Crippen MR) is 286 cm³/mol. The van der Waals surface area contributed by atoms with E-state index in [1.807, 2.05) is 43.5 Å². The molecule has 11 nitrogen and oxygen atoms in total. The number of hydrogen-bond donors (Lipinski definition) is 1. The van der Waals surface area contributed by atoms with Crippen LogP contribution in [0.3, 0.4) is 0 Å². The van der Waals surface area contributed by atoms with Gasteiger partial charge in [-0.2, -0.15) is 0 Å². The summed E-state index contributed by atoms with van der Waals surface area (Å²) in [7, 11) is 0. The maximum Gasteiger partial charge on any atom is 0.210 e. The molecule has 2 aliphatic rings. The van der Waals surface area contributed by atoms with Gasteiger partial charge in [0.15, 0.2) is 23.1 Å². The van der Waals surface area contributed by atoms with Crippen LogP contribution in [0.25, 0.3) is 41.6 Å². The zero-order valence-electron chi connectivity index (χ0n) is 40.4. The Hall–Kier alpha value is -6.81. The lowest BCUT2D eigenvalue weighted by Crippen LogP contribution is -2.22.